The first-order valence-corrected chi connectivity index (χ1v) is 3.86. The Bertz CT molecular complexity index is 548. The highest BCUT2D eigenvalue weighted by molar-refractivity contribution is 5.83. The summed E-state index contributed by atoms with van der Waals surface area (Å²) in [6, 6.07) is 3.37. The van der Waals surface area contributed by atoms with E-state index < -0.39 is 11.8 Å². The summed E-state index contributed by atoms with van der Waals surface area (Å²) in [5.74, 6) is -1.61. The minimum Gasteiger partial charge on any atom is -0.475 e. The van der Waals surface area contributed by atoms with Gasteiger partial charge in [0.05, 0.1) is 5.56 Å². The molecule has 7 nitrogen and oxygen atoms in total. The summed E-state index contributed by atoms with van der Waals surface area (Å²) in [5, 5.41) is 20.3. The van der Waals surface area contributed by atoms with E-state index >= 15 is 0 Å². The molecule has 0 radical (unpaired) electrons. The van der Waals surface area contributed by atoms with Crippen LogP contribution in [-0.4, -0.2) is 26.2 Å². The molecule has 2 rings (SSSR count). The van der Waals surface area contributed by atoms with Crippen molar-refractivity contribution in [3.63, 3.8) is 0 Å². The van der Waals surface area contributed by atoms with Gasteiger partial charge < -0.3 is 14.6 Å². The second-order valence-electron chi connectivity index (χ2n) is 2.64. The van der Waals surface area contributed by atoms with Gasteiger partial charge >= 0.3 is 5.97 Å². The summed E-state index contributed by atoms with van der Waals surface area (Å²) in [7, 11) is 0. The van der Waals surface area contributed by atoms with Gasteiger partial charge in [-0.05, 0) is 11.2 Å². The van der Waals surface area contributed by atoms with E-state index in [-0.39, 0.29) is 5.89 Å². The molecule has 0 aliphatic heterocycles. The van der Waals surface area contributed by atoms with Crippen molar-refractivity contribution in [1.29, 1.82) is 5.26 Å². The summed E-state index contributed by atoms with van der Waals surface area (Å²) >= 11 is 0. The van der Waals surface area contributed by atoms with Crippen LogP contribution in [0.2, 0.25) is 0 Å². The predicted molar refractivity (Wildman–Crippen MR) is 45.8 cm³/mol. The number of nitrogens with one attached hydrogen (secondary N) is 1. The number of hydrogen-bond donors (Lipinski definition) is 2. The largest absolute Gasteiger partial charge is 0.475 e. The molecule has 15 heavy (non-hydrogen) atoms. The fourth-order valence-electron chi connectivity index (χ4n) is 1.01. The summed E-state index contributed by atoms with van der Waals surface area (Å²) in [6.07, 6.45) is 1.48. The monoisotopic (exact) mass is 204 g/mol. The SMILES string of the molecule is N#Cc1cc(-c2nc(C(=O)O)no2)c[nH]1. The van der Waals surface area contributed by atoms with Gasteiger partial charge in [0.2, 0.25) is 0 Å². The normalized spacial score (nSPS) is 9.80. The van der Waals surface area contributed by atoms with Crippen LogP contribution in [0.3, 0.4) is 0 Å². The minimum absolute atomic E-state index is 0.0603. The Morgan fingerprint density at radius 3 is 3.00 bits per heavy atom. The van der Waals surface area contributed by atoms with Gasteiger partial charge in [-0.3, -0.25) is 0 Å². The molecule has 0 aliphatic carbocycles. The number of aromatic amines is 1. The Morgan fingerprint density at radius 1 is 1.67 bits per heavy atom. The number of aromatic carboxylic acids is 1. The molecule has 0 aliphatic rings. The predicted octanol–water partition coefficient (Wildman–Crippen LogP) is 0.635. The van der Waals surface area contributed by atoms with E-state index in [1.54, 1.807) is 0 Å². The van der Waals surface area contributed by atoms with Gasteiger partial charge in [0, 0.05) is 6.20 Å². The Balaban J connectivity index is 2.38. The van der Waals surface area contributed by atoms with Crippen molar-refractivity contribution in [2.45, 2.75) is 0 Å². The average molecular weight is 204 g/mol. The number of carboxylic acids is 1. The van der Waals surface area contributed by atoms with Crippen molar-refractivity contribution in [2.75, 3.05) is 0 Å². The van der Waals surface area contributed by atoms with Crippen LogP contribution in [0, 0.1) is 11.3 Å². The Labute approximate surface area is 83.0 Å². The lowest BCUT2D eigenvalue weighted by Gasteiger charge is -1.81. The summed E-state index contributed by atoms with van der Waals surface area (Å²) in [5.41, 5.74) is 0.812. The van der Waals surface area contributed by atoms with E-state index in [4.69, 9.17) is 14.9 Å². The van der Waals surface area contributed by atoms with Crippen molar-refractivity contribution in [2.24, 2.45) is 0 Å². The maximum absolute atomic E-state index is 10.5. The first-order chi connectivity index (χ1) is 7.20. The fourth-order valence-corrected chi connectivity index (χ4v) is 1.01. The first-order valence-electron chi connectivity index (χ1n) is 3.86. The van der Waals surface area contributed by atoms with E-state index in [1.165, 1.54) is 12.3 Å². The van der Waals surface area contributed by atoms with Gasteiger partial charge in [-0.15, -0.1) is 0 Å². The summed E-state index contributed by atoms with van der Waals surface area (Å²) in [4.78, 5) is 16.7. The zero-order chi connectivity index (χ0) is 10.8. The van der Waals surface area contributed by atoms with E-state index in [1.807, 2.05) is 6.07 Å². The first kappa shape index (κ1) is 8.96. The van der Waals surface area contributed by atoms with Crippen LogP contribution in [0.25, 0.3) is 11.5 Å². The Kier molecular flexibility index (Phi) is 1.95. The third-order valence-corrected chi connectivity index (χ3v) is 1.67. The quantitative estimate of drug-likeness (QED) is 0.741. The molecule has 0 aromatic carbocycles. The third kappa shape index (κ3) is 1.55. The highest BCUT2D eigenvalue weighted by Crippen LogP contribution is 2.17. The maximum Gasteiger partial charge on any atom is 0.377 e. The molecule has 0 saturated heterocycles. The van der Waals surface area contributed by atoms with E-state index in [2.05, 4.69) is 15.1 Å². The molecule has 0 unspecified atom stereocenters. The molecular weight excluding hydrogens is 200 g/mol. The van der Waals surface area contributed by atoms with E-state index in [9.17, 15) is 4.79 Å². The zero-order valence-corrected chi connectivity index (χ0v) is 7.26. The summed E-state index contributed by atoms with van der Waals surface area (Å²) in [6.45, 7) is 0. The summed E-state index contributed by atoms with van der Waals surface area (Å²) < 4.78 is 4.70. The number of hydrogen-bond acceptors (Lipinski definition) is 5. The van der Waals surface area contributed by atoms with E-state index in [0.29, 0.717) is 11.3 Å². The number of nitrogens with zero attached hydrogens (tertiary/aromatic N) is 3. The van der Waals surface area contributed by atoms with Gasteiger partial charge in [-0.2, -0.15) is 10.2 Å². The van der Waals surface area contributed by atoms with Crippen molar-refractivity contribution in [1.82, 2.24) is 15.1 Å². The lowest BCUT2D eigenvalue weighted by atomic mass is 10.3. The second kappa shape index (κ2) is 3.26. The number of H-pyrrole nitrogens is 1. The van der Waals surface area contributed by atoms with Gasteiger partial charge in [-0.1, -0.05) is 0 Å². The van der Waals surface area contributed by atoms with Crippen molar-refractivity contribution in [3.05, 3.63) is 23.8 Å². The van der Waals surface area contributed by atoms with Crippen LogP contribution in [0.5, 0.6) is 0 Å². The van der Waals surface area contributed by atoms with Crippen LogP contribution < -0.4 is 0 Å². The smallest absolute Gasteiger partial charge is 0.377 e. The lowest BCUT2D eigenvalue weighted by Crippen LogP contribution is -1.98. The van der Waals surface area contributed by atoms with Crippen LogP contribution in [0.15, 0.2) is 16.8 Å². The van der Waals surface area contributed by atoms with Crippen molar-refractivity contribution in [3.8, 4) is 17.5 Å². The van der Waals surface area contributed by atoms with Gasteiger partial charge in [0.25, 0.3) is 11.7 Å². The highest BCUT2D eigenvalue weighted by Gasteiger charge is 2.14. The molecule has 2 N–H and O–H groups in total. The molecule has 0 atom stereocenters. The molecule has 0 amide bonds. The molecule has 7 heteroatoms. The molecule has 0 saturated carbocycles. The maximum atomic E-state index is 10.5. The van der Waals surface area contributed by atoms with Gasteiger partial charge in [0.15, 0.2) is 0 Å². The van der Waals surface area contributed by atoms with Crippen LogP contribution in [-0.2, 0) is 0 Å². The fraction of sp³-hybridized carbons (Fsp3) is 0. The standard InChI is InChI=1S/C8H4N4O3/c9-2-5-1-4(3-10-5)7-11-6(8(13)14)12-15-7/h1,3,10H,(H,13,14). The van der Waals surface area contributed by atoms with E-state index in [0.717, 1.165) is 0 Å². The number of rotatable bonds is 2. The van der Waals surface area contributed by atoms with Crippen molar-refractivity contribution < 1.29 is 14.4 Å². The topological polar surface area (TPSA) is 116 Å². The van der Waals surface area contributed by atoms with Crippen LogP contribution >= 0.6 is 0 Å². The van der Waals surface area contributed by atoms with Crippen LogP contribution in [0.4, 0.5) is 0 Å². The van der Waals surface area contributed by atoms with Crippen LogP contribution in [0.1, 0.15) is 16.3 Å². The number of aromatic nitrogens is 3. The third-order valence-electron chi connectivity index (χ3n) is 1.67. The molecule has 74 valence electrons. The molecule has 2 aromatic heterocycles. The Hall–Kier alpha value is -2.62. The number of carboxylic acid groups (broad SMARTS) is 1. The lowest BCUT2D eigenvalue weighted by molar-refractivity contribution is 0.0680. The number of carbonyl (C=O) groups is 1. The second-order valence-corrected chi connectivity index (χ2v) is 2.64. The zero-order valence-electron chi connectivity index (χ0n) is 7.26. The molecule has 2 heterocycles. The van der Waals surface area contributed by atoms with Gasteiger partial charge in [-0.25, -0.2) is 4.79 Å². The average Bonchev–Trinajstić information content (AvgIpc) is 2.86. The molecular formula is C8H4N4O3. The molecule has 0 bridgehead atoms. The Morgan fingerprint density at radius 2 is 2.47 bits per heavy atom. The molecule has 0 fully saturated rings. The molecule has 0 spiro atoms. The highest BCUT2D eigenvalue weighted by atomic mass is 16.5. The number of nitriles is 1. The van der Waals surface area contributed by atoms with Gasteiger partial charge in [0.1, 0.15) is 11.8 Å². The van der Waals surface area contributed by atoms with Crippen molar-refractivity contribution >= 4 is 5.97 Å². The molecule has 2 aromatic rings. The minimum atomic E-state index is -1.26.